The molecule has 1 N–H and O–H groups in total. The van der Waals surface area contributed by atoms with Gasteiger partial charge in [-0.2, -0.15) is 0 Å². The minimum Gasteiger partial charge on any atom is -0.448 e. The van der Waals surface area contributed by atoms with Crippen molar-refractivity contribution >= 4 is 23.7 Å². The van der Waals surface area contributed by atoms with Crippen molar-refractivity contribution in [3.05, 3.63) is 0 Å². The van der Waals surface area contributed by atoms with E-state index in [0.717, 1.165) is 0 Å². The third-order valence-corrected chi connectivity index (χ3v) is 3.17. The smallest absolute Gasteiger partial charge is 0.408 e. The van der Waals surface area contributed by atoms with Crippen molar-refractivity contribution < 1.29 is 23.8 Å². The molecule has 0 aromatic carbocycles. The lowest BCUT2D eigenvalue weighted by Crippen LogP contribution is -2.62. The van der Waals surface area contributed by atoms with Crippen molar-refractivity contribution in [2.24, 2.45) is 0 Å². The number of amides is 1. The number of alkyl halides is 1. The summed E-state index contributed by atoms with van der Waals surface area (Å²) in [5.41, 5.74) is -2.39. The molecule has 0 bridgehead atoms. The maximum atomic E-state index is 12.3. The number of alkyl carbamates (subject to hydrolysis) is 1. The van der Waals surface area contributed by atoms with E-state index in [0.29, 0.717) is 13.0 Å². The fourth-order valence-electron chi connectivity index (χ4n) is 2.39. The summed E-state index contributed by atoms with van der Waals surface area (Å²) in [4.78, 5) is 24.3. The Morgan fingerprint density at radius 3 is 2.43 bits per heavy atom. The summed E-state index contributed by atoms with van der Waals surface area (Å²) in [6.07, 6.45) is -0.0629. The highest BCUT2D eigenvalue weighted by Crippen LogP contribution is 2.33. The molecule has 122 valence electrons. The normalized spacial score (nSPS) is 25.0. The Morgan fingerprint density at radius 2 is 1.95 bits per heavy atom. The highest BCUT2D eigenvalue weighted by Gasteiger charge is 2.49. The molecule has 6 nitrogen and oxygen atoms in total. The van der Waals surface area contributed by atoms with Gasteiger partial charge >= 0.3 is 12.1 Å². The first-order chi connectivity index (χ1) is 9.50. The number of halogens is 1. The number of rotatable bonds is 3. The molecular weight excluding hydrogens is 298 g/mol. The van der Waals surface area contributed by atoms with Crippen LogP contribution >= 0.6 is 11.6 Å². The highest BCUT2D eigenvalue weighted by atomic mass is 35.5. The topological polar surface area (TPSA) is 73.9 Å². The summed E-state index contributed by atoms with van der Waals surface area (Å²) in [5, 5.41) is 2.65. The maximum absolute atomic E-state index is 12.3. The van der Waals surface area contributed by atoms with Crippen molar-refractivity contribution in [1.29, 1.82) is 0 Å². The second-order valence-corrected chi connectivity index (χ2v) is 7.00. The average Bonchev–Trinajstić information content (AvgIpc) is 2.24. The van der Waals surface area contributed by atoms with Crippen LogP contribution in [-0.2, 0) is 19.0 Å². The highest BCUT2D eigenvalue weighted by molar-refractivity contribution is 6.17. The standard InChI is InChI=1S/C14H24ClNO5/c1-12(2,3)21-11(18)16-14(10(17)19-9-15)6-7-20-13(4,5)8-14/h6-9H2,1-5H3,(H,16,18). The van der Waals surface area contributed by atoms with Crippen LogP contribution in [0.3, 0.4) is 0 Å². The minimum absolute atomic E-state index is 0.266. The van der Waals surface area contributed by atoms with E-state index >= 15 is 0 Å². The number of nitrogens with one attached hydrogen (secondary N) is 1. The minimum atomic E-state index is -1.18. The van der Waals surface area contributed by atoms with Crippen molar-refractivity contribution in [2.75, 3.05) is 12.7 Å². The molecule has 1 atom stereocenters. The van der Waals surface area contributed by atoms with Gasteiger partial charge in [0, 0.05) is 12.8 Å². The molecule has 0 aromatic heterocycles. The van der Waals surface area contributed by atoms with E-state index in [1.54, 1.807) is 20.8 Å². The Kier molecular flexibility index (Phi) is 5.50. The van der Waals surface area contributed by atoms with Crippen LogP contribution in [0.2, 0.25) is 0 Å². The first-order valence-electron chi connectivity index (χ1n) is 6.88. The Morgan fingerprint density at radius 1 is 1.33 bits per heavy atom. The molecule has 1 saturated heterocycles. The van der Waals surface area contributed by atoms with E-state index in [4.69, 9.17) is 25.8 Å². The monoisotopic (exact) mass is 321 g/mol. The van der Waals surface area contributed by atoms with E-state index in [2.05, 4.69) is 5.32 Å². The summed E-state index contributed by atoms with van der Waals surface area (Å²) in [5.74, 6) is -0.570. The Bertz CT molecular complexity index is 405. The second-order valence-electron chi connectivity index (χ2n) is 6.78. The largest absolute Gasteiger partial charge is 0.448 e. The molecule has 0 aliphatic carbocycles. The molecule has 1 unspecified atom stereocenters. The van der Waals surface area contributed by atoms with Crippen molar-refractivity contribution in [1.82, 2.24) is 5.32 Å². The van der Waals surface area contributed by atoms with Gasteiger partial charge in [0.15, 0.2) is 6.07 Å². The molecule has 7 heteroatoms. The second kappa shape index (κ2) is 6.40. The molecule has 1 heterocycles. The summed E-state index contributed by atoms with van der Waals surface area (Å²) >= 11 is 5.47. The van der Waals surface area contributed by atoms with Crippen molar-refractivity contribution in [2.45, 2.75) is 64.2 Å². The predicted octanol–water partition coefficient (Wildman–Crippen LogP) is 2.58. The molecule has 1 rings (SSSR count). The molecular formula is C14H24ClNO5. The number of esters is 1. The first kappa shape index (κ1) is 18.0. The Labute approximate surface area is 130 Å². The van der Waals surface area contributed by atoms with Crippen molar-refractivity contribution in [3.8, 4) is 0 Å². The van der Waals surface area contributed by atoms with Crippen LogP contribution in [0, 0.1) is 0 Å². The molecule has 0 aromatic rings. The van der Waals surface area contributed by atoms with Crippen LogP contribution in [0.4, 0.5) is 4.79 Å². The summed E-state index contributed by atoms with van der Waals surface area (Å²) in [6, 6.07) is -0.266. The number of carbonyl (C=O) groups excluding carboxylic acids is 2. The van der Waals surface area contributed by atoms with Gasteiger partial charge in [0.2, 0.25) is 0 Å². The van der Waals surface area contributed by atoms with Gasteiger partial charge < -0.3 is 19.5 Å². The number of hydrogen-bond acceptors (Lipinski definition) is 5. The van der Waals surface area contributed by atoms with E-state index in [-0.39, 0.29) is 12.5 Å². The van der Waals surface area contributed by atoms with Crippen LogP contribution in [-0.4, -0.2) is 41.5 Å². The van der Waals surface area contributed by atoms with Gasteiger partial charge in [0.05, 0.1) is 12.2 Å². The van der Waals surface area contributed by atoms with E-state index < -0.39 is 28.8 Å². The first-order valence-corrected chi connectivity index (χ1v) is 7.41. The summed E-state index contributed by atoms with van der Waals surface area (Å²) < 4.78 is 15.7. The maximum Gasteiger partial charge on any atom is 0.408 e. The average molecular weight is 322 g/mol. The predicted molar refractivity (Wildman–Crippen MR) is 78.2 cm³/mol. The molecule has 1 amide bonds. The van der Waals surface area contributed by atoms with E-state index in [9.17, 15) is 9.59 Å². The van der Waals surface area contributed by atoms with Crippen LogP contribution in [0.1, 0.15) is 47.5 Å². The molecule has 0 spiro atoms. The zero-order chi connectivity index (χ0) is 16.3. The summed E-state index contributed by atoms with van der Waals surface area (Å²) in [6.45, 7) is 9.30. The molecule has 0 radical (unpaired) electrons. The van der Waals surface area contributed by atoms with Crippen LogP contribution in [0.25, 0.3) is 0 Å². The summed E-state index contributed by atoms with van der Waals surface area (Å²) in [7, 11) is 0. The van der Waals surface area contributed by atoms with Gasteiger partial charge in [-0.3, -0.25) is 0 Å². The van der Waals surface area contributed by atoms with Crippen molar-refractivity contribution in [3.63, 3.8) is 0 Å². The number of carbonyl (C=O) groups is 2. The molecule has 21 heavy (non-hydrogen) atoms. The third-order valence-electron chi connectivity index (χ3n) is 3.07. The third kappa shape index (κ3) is 5.36. The van der Waals surface area contributed by atoms with Gasteiger partial charge in [-0.25, -0.2) is 9.59 Å². The quantitative estimate of drug-likeness (QED) is 0.639. The number of ether oxygens (including phenoxy) is 3. The van der Waals surface area contributed by atoms with Crippen LogP contribution in [0.15, 0.2) is 0 Å². The van der Waals surface area contributed by atoms with E-state index in [1.165, 1.54) is 0 Å². The van der Waals surface area contributed by atoms with Crippen LogP contribution < -0.4 is 5.32 Å². The van der Waals surface area contributed by atoms with Crippen LogP contribution in [0.5, 0.6) is 0 Å². The lowest BCUT2D eigenvalue weighted by Gasteiger charge is -2.43. The molecule has 1 fully saturated rings. The van der Waals surface area contributed by atoms with Gasteiger partial charge in [-0.05, 0) is 34.6 Å². The lowest BCUT2D eigenvalue weighted by molar-refractivity contribution is -0.162. The fraction of sp³-hybridized carbons (Fsp3) is 0.857. The SMILES string of the molecule is CC(C)(C)OC(=O)NC1(C(=O)OCCl)CCOC(C)(C)C1. The molecule has 0 saturated carbocycles. The Balaban J connectivity index is 2.92. The Hall–Kier alpha value is -1.01. The number of hydrogen-bond donors (Lipinski definition) is 1. The van der Waals surface area contributed by atoms with Gasteiger partial charge in [-0.15, -0.1) is 0 Å². The zero-order valence-corrected chi connectivity index (χ0v) is 14.0. The molecule has 1 aliphatic heterocycles. The lowest BCUT2D eigenvalue weighted by atomic mass is 9.81. The van der Waals surface area contributed by atoms with Gasteiger partial charge in [0.25, 0.3) is 0 Å². The zero-order valence-electron chi connectivity index (χ0n) is 13.2. The van der Waals surface area contributed by atoms with E-state index in [1.807, 2.05) is 13.8 Å². The van der Waals surface area contributed by atoms with Gasteiger partial charge in [-0.1, -0.05) is 11.6 Å². The van der Waals surface area contributed by atoms with Gasteiger partial charge in [0.1, 0.15) is 11.1 Å². The fourth-order valence-corrected chi connectivity index (χ4v) is 2.49. The molecule has 1 aliphatic rings.